The molecular weight excluding hydrogens is 298 g/mol. The Morgan fingerprint density at radius 1 is 1.43 bits per heavy atom. The van der Waals surface area contributed by atoms with E-state index >= 15 is 0 Å². The molecule has 0 fully saturated rings. The van der Waals surface area contributed by atoms with Gasteiger partial charge in [-0.3, -0.25) is 10.1 Å². The molecule has 8 nitrogen and oxygen atoms in total. The van der Waals surface area contributed by atoms with Crippen LogP contribution in [0.15, 0.2) is 23.1 Å². The van der Waals surface area contributed by atoms with E-state index in [1.54, 1.807) is 6.92 Å². The summed E-state index contributed by atoms with van der Waals surface area (Å²) in [7, 11) is -0.996. The van der Waals surface area contributed by atoms with Crippen LogP contribution in [0, 0.1) is 10.1 Å². The van der Waals surface area contributed by atoms with Crippen molar-refractivity contribution in [1.29, 1.82) is 0 Å². The number of benzene rings is 1. The molecule has 0 radical (unpaired) electrons. The maximum Gasteiger partial charge on any atom is 0.312 e. The van der Waals surface area contributed by atoms with Gasteiger partial charge in [0.05, 0.1) is 11.5 Å². The van der Waals surface area contributed by atoms with E-state index in [2.05, 4.69) is 5.32 Å². The molecule has 0 heterocycles. The summed E-state index contributed by atoms with van der Waals surface area (Å²) in [5.41, 5.74) is -0.292. The molecule has 0 spiro atoms. The number of hydrogen-bond donors (Lipinski definition) is 1. The van der Waals surface area contributed by atoms with Crippen molar-refractivity contribution >= 4 is 21.4 Å². The second kappa shape index (κ2) is 7.34. The fourth-order valence-electron chi connectivity index (χ4n) is 1.90. The van der Waals surface area contributed by atoms with Crippen molar-refractivity contribution in [2.45, 2.75) is 11.8 Å². The monoisotopic (exact) mass is 317 g/mol. The van der Waals surface area contributed by atoms with Crippen LogP contribution in [-0.4, -0.2) is 51.5 Å². The summed E-state index contributed by atoms with van der Waals surface area (Å²) >= 11 is 0. The number of anilines is 1. The molecule has 1 aromatic rings. The highest BCUT2D eigenvalue weighted by Gasteiger charge is 2.32. The smallest absolute Gasteiger partial charge is 0.312 e. The number of sulfonamides is 1. The molecule has 0 amide bonds. The highest BCUT2D eigenvalue weighted by Crippen LogP contribution is 2.33. The van der Waals surface area contributed by atoms with Crippen LogP contribution in [0.4, 0.5) is 11.4 Å². The Kier molecular flexibility index (Phi) is 6.06. The maximum atomic E-state index is 12.6. The lowest BCUT2D eigenvalue weighted by Crippen LogP contribution is -2.34. The number of nitrogens with one attached hydrogen (secondary N) is 1. The molecule has 21 heavy (non-hydrogen) atoms. The number of para-hydroxylation sites is 1. The molecule has 0 bridgehead atoms. The van der Waals surface area contributed by atoms with Gasteiger partial charge in [-0.15, -0.1) is 0 Å². The Morgan fingerprint density at radius 3 is 2.57 bits per heavy atom. The summed E-state index contributed by atoms with van der Waals surface area (Å²) in [5.74, 6) is 0. The quantitative estimate of drug-likeness (QED) is 0.572. The molecule has 1 N–H and O–H groups in total. The highest BCUT2D eigenvalue weighted by atomic mass is 32.2. The number of nitro groups is 1. The van der Waals surface area contributed by atoms with Crippen molar-refractivity contribution in [1.82, 2.24) is 4.31 Å². The first-order valence-corrected chi connectivity index (χ1v) is 7.78. The lowest BCUT2D eigenvalue weighted by Gasteiger charge is -2.20. The number of methoxy groups -OCH3 is 1. The van der Waals surface area contributed by atoms with Gasteiger partial charge in [-0.05, 0) is 12.1 Å². The minimum atomic E-state index is -3.96. The van der Waals surface area contributed by atoms with Gasteiger partial charge < -0.3 is 10.1 Å². The molecule has 118 valence electrons. The largest absolute Gasteiger partial charge is 0.383 e. The first-order valence-electron chi connectivity index (χ1n) is 6.34. The maximum absolute atomic E-state index is 12.6. The average Bonchev–Trinajstić information content (AvgIpc) is 2.46. The Bertz CT molecular complexity index is 603. The van der Waals surface area contributed by atoms with Crippen molar-refractivity contribution in [3.8, 4) is 0 Å². The van der Waals surface area contributed by atoms with E-state index in [9.17, 15) is 18.5 Å². The summed E-state index contributed by atoms with van der Waals surface area (Å²) in [6.07, 6.45) is 0. The van der Waals surface area contributed by atoms with Crippen molar-refractivity contribution in [3.63, 3.8) is 0 Å². The number of ether oxygens (including phenoxy) is 1. The first kappa shape index (κ1) is 17.3. The van der Waals surface area contributed by atoms with Crippen LogP contribution in [0.25, 0.3) is 0 Å². The number of nitro benzene ring substituents is 1. The summed E-state index contributed by atoms with van der Waals surface area (Å²) < 4.78 is 31.2. The predicted octanol–water partition coefficient (Wildman–Crippen LogP) is 1.29. The second-order valence-corrected chi connectivity index (χ2v) is 6.06. The third kappa shape index (κ3) is 3.69. The number of nitrogens with zero attached hydrogens (tertiary/aromatic N) is 2. The van der Waals surface area contributed by atoms with Crippen LogP contribution < -0.4 is 5.32 Å². The van der Waals surface area contributed by atoms with Crippen LogP contribution in [-0.2, 0) is 14.8 Å². The van der Waals surface area contributed by atoms with Gasteiger partial charge in [0.2, 0.25) is 10.0 Å². The standard InChI is InChI=1S/C12H19N3O5S/c1-4-14(8-9-20-3)21(18,19)11-7-5-6-10(13-2)12(11)15(16)17/h5-7,13H,4,8-9H2,1-3H3. The topological polar surface area (TPSA) is 102 Å². The Labute approximate surface area is 123 Å². The Balaban J connectivity index is 3.40. The minimum absolute atomic E-state index is 0.135. The van der Waals surface area contributed by atoms with Gasteiger partial charge in [0.25, 0.3) is 0 Å². The normalized spacial score (nSPS) is 11.6. The number of rotatable bonds is 8. The first-order chi connectivity index (χ1) is 9.89. The Morgan fingerprint density at radius 2 is 2.10 bits per heavy atom. The zero-order valence-corrected chi connectivity index (χ0v) is 13.0. The van der Waals surface area contributed by atoms with Crippen LogP contribution in [0.1, 0.15) is 6.92 Å². The van der Waals surface area contributed by atoms with E-state index in [0.717, 1.165) is 4.31 Å². The second-order valence-electron chi connectivity index (χ2n) is 4.15. The lowest BCUT2D eigenvalue weighted by atomic mass is 10.3. The van der Waals surface area contributed by atoms with E-state index in [1.165, 1.54) is 32.4 Å². The van der Waals surface area contributed by atoms with E-state index < -0.39 is 20.6 Å². The molecular formula is C12H19N3O5S. The SMILES string of the molecule is CCN(CCOC)S(=O)(=O)c1cccc(NC)c1[N+](=O)[O-]. The van der Waals surface area contributed by atoms with Crippen LogP contribution in [0.2, 0.25) is 0 Å². The number of likely N-dealkylation sites (N-methyl/N-ethyl adjacent to an activating group) is 1. The molecule has 0 saturated carbocycles. The van der Waals surface area contributed by atoms with E-state index in [4.69, 9.17) is 4.74 Å². The summed E-state index contributed by atoms with van der Waals surface area (Å²) in [4.78, 5) is 10.2. The van der Waals surface area contributed by atoms with E-state index in [1.807, 2.05) is 0 Å². The predicted molar refractivity (Wildman–Crippen MR) is 79.0 cm³/mol. The molecule has 0 atom stereocenters. The molecule has 0 unspecified atom stereocenters. The molecule has 1 aromatic carbocycles. The molecule has 1 rings (SSSR count). The molecule has 0 saturated heterocycles. The fraction of sp³-hybridized carbons (Fsp3) is 0.500. The average molecular weight is 317 g/mol. The van der Waals surface area contributed by atoms with Gasteiger partial charge in [0.15, 0.2) is 4.90 Å². The van der Waals surface area contributed by atoms with Crippen molar-refractivity contribution < 1.29 is 18.1 Å². The van der Waals surface area contributed by atoms with E-state index in [0.29, 0.717) is 0 Å². The van der Waals surface area contributed by atoms with Crippen LogP contribution >= 0.6 is 0 Å². The lowest BCUT2D eigenvalue weighted by molar-refractivity contribution is -0.386. The third-order valence-electron chi connectivity index (χ3n) is 2.97. The minimum Gasteiger partial charge on any atom is -0.383 e. The van der Waals surface area contributed by atoms with Crippen molar-refractivity contribution in [3.05, 3.63) is 28.3 Å². The van der Waals surface area contributed by atoms with Crippen LogP contribution in [0.3, 0.4) is 0 Å². The summed E-state index contributed by atoms with van der Waals surface area (Å²) in [6, 6.07) is 4.17. The van der Waals surface area contributed by atoms with Crippen LogP contribution in [0.5, 0.6) is 0 Å². The summed E-state index contributed by atoms with van der Waals surface area (Å²) in [5, 5.41) is 13.9. The van der Waals surface area contributed by atoms with Gasteiger partial charge in [-0.2, -0.15) is 4.31 Å². The molecule has 0 aliphatic heterocycles. The van der Waals surface area contributed by atoms with Gasteiger partial charge in [-0.1, -0.05) is 13.0 Å². The fourth-order valence-corrected chi connectivity index (χ4v) is 3.51. The highest BCUT2D eigenvalue weighted by molar-refractivity contribution is 7.89. The van der Waals surface area contributed by atoms with Gasteiger partial charge in [0.1, 0.15) is 5.69 Å². The molecule has 9 heteroatoms. The van der Waals surface area contributed by atoms with Gasteiger partial charge >= 0.3 is 5.69 Å². The summed E-state index contributed by atoms with van der Waals surface area (Å²) in [6.45, 7) is 2.22. The molecule has 0 aliphatic carbocycles. The number of hydrogen-bond acceptors (Lipinski definition) is 6. The molecule has 0 aliphatic rings. The van der Waals surface area contributed by atoms with Gasteiger partial charge in [0, 0.05) is 27.2 Å². The third-order valence-corrected chi connectivity index (χ3v) is 4.97. The Hall–Kier alpha value is -1.71. The van der Waals surface area contributed by atoms with Crippen molar-refractivity contribution in [2.75, 3.05) is 39.2 Å². The van der Waals surface area contributed by atoms with E-state index in [-0.39, 0.29) is 30.3 Å². The zero-order valence-electron chi connectivity index (χ0n) is 12.2. The van der Waals surface area contributed by atoms with Gasteiger partial charge in [-0.25, -0.2) is 8.42 Å². The molecule has 0 aromatic heterocycles. The zero-order chi connectivity index (χ0) is 16.0. The van der Waals surface area contributed by atoms with Crippen molar-refractivity contribution in [2.24, 2.45) is 0 Å².